The van der Waals surface area contributed by atoms with Crippen molar-refractivity contribution in [3.05, 3.63) is 64.3 Å². The molecule has 1 aliphatic rings. The zero-order valence-corrected chi connectivity index (χ0v) is 21.3. The molecule has 0 fully saturated rings. The van der Waals surface area contributed by atoms with E-state index in [1.807, 2.05) is 32.9 Å². The zero-order valence-electron chi connectivity index (χ0n) is 20.5. The van der Waals surface area contributed by atoms with Crippen molar-refractivity contribution in [3.8, 4) is 0 Å². The van der Waals surface area contributed by atoms with Gasteiger partial charge in [-0.15, -0.1) is 0 Å². The fraction of sp³-hybridized carbons (Fsp3) is 0.556. The van der Waals surface area contributed by atoms with Gasteiger partial charge in [-0.25, -0.2) is 8.42 Å². The molecule has 2 rings (SSSR count). The van der Waals surface area contributed by atoms with Crippen molar-refractivity contribution in [2.75, 3.05) is 6.61 Å². The number of aryl methyl sites for hydroxylation is 1. The first-order valence-electron chi connectivity index (χ1n) is 11.5. The number of hydrogen-bond donors (Lipinski definition) is 2. The van der Waals surface area contributed by atoms with Crippen molar-refractivity contribution in [1.82, 2.24) is 0 Å². The van der Waals surface area contributed by atoms with Crippen molar-refractivity contribution in [3.63, 3.8) is 0 Å². The molecule has 0 heterocycles. The quantitative estimate of drug-likeness (QED) is 0.464. The molecule has 0 aliphatic heterocycles. The Hall–Kier alpha value is -1.69. The Labute approximate surface area is 194 Å². The first kappa shape index (κ1) is 26.6. The molecule has 2 atom stereocenters. The molecule has 0 aromatic heterocycles. The molecule has 1 aromatic carbocycles. The van der Waals surface area contributed by atoms with Crippen molar-refractivity contribution >= 4 is 9.84 Å². The highest BCUT2D eigenvalue weighted by Crippen LogP contribution is 2.46. The maximum absolute atomic E-state index is 13.9. The van der Waals surface area contributed by atoms with Gasteiger partial charge in [0, 0.05) is 0 Å². The zero-order chi connectivity index (χ0) is 24.1. The first-order chi connectivity index (χ1) is 14.9. The maximum Gasteiger partial charge on any atom is 0.185 e. The fourth-order valence-corrected chi connectivity index (χ4v) is 7.09. The Morgan fingerprint density at radius 2 is 1.72 bits per heavy atom. The van der Waals surface area contributed by atoms with Crippen molar-refractivity contribution in [2.45, 2.75) is 89.9 Å². The number of benzene rings is 1. The summed E-state index contributed by atoms with van der Waals surface area (Å²) >= 11 is 0. The number of allylic oxidation sites excluding steroid dienone is 2. The van der Waals surface area contributed by atoms with E-state index in [-0.39, 0.29) is 12.0 Å². The SMILES string of the molecule is CC1=C(C(C/C(C)=C/C(O)C/C(C)=C/CO)S(=O)(=O)c2ccc(C)cc2)C(C)(C)CCC1. The van der Waals surface area contributed by atoms with E-state index in [4.69, 9.17) is 5.11 Å². The van der Waals surface area contributed by atoms with Crippen LogP contribution in [0.4, 0.5) is 0 Å². The van der Waals surface area contributed by atoms with Crippen LogP contribution >= 0.6 is 0 Å². The minimum atomic E-state index is -3.61. The summed E-state index contributed by atoms with van der Waals surface area (Å²) in [4.78, 5) is 0.352. The van der Waals surface area contributed by atoms with Crippen LogP contribution in [0.1, 0.15) is 72.3 Å². The fourth-order valence-electron chi connectivity index (χ4n) is 4.93. The van der Waals surface area contributed by atoms with Gasteiger partial charge in [-0.05, 0) is 82.9 Å². The monoisotopic (exact) mass is 460 g/mol. The van der Waals surface area contributed by atoms with Crippen molar-refractivity contribution in [1.29, 1.82) is 0 Å². The summed E-state index contributed by atoms with van der Waals surface area (Å²) in [6.45, 7) is 12.0. The predicted octanol–water partition coefficient (Wildman–Crippen LogP) is 5.69. The molecular weight excluding hydrogens is 420 g/mol. The molecule has 4 nitrogen and oxygen atoms in total. The number of rotatable bonds is 9. The molecule has 0 radical (unpaired) electrons. The first-order valence-corrected chi connectivity index (χ1v) is 13.1. The van der Waals surface area contributed by atoms with Gasteiger partial charge in [0.25, 0.3) is 0 Å². The highest BCUT2D eigenvalue weighted by atomic mass is 32.2. The van der Waals surface area contributed by atoms with Gasteiger partial charge in [-0.2, -0.15) is 0 Å². The molecule has 0 saturated carbocycles. The van der Waals surface area contributed by atoms with E-state index in [0.717, 1.165) is 41.5 Å². The molecule has 2 unspecified atom stereocenters. The molecule has 0 saturated heterocycles. The molecule has 0 spiro atoms. The Bertz CT molecular complexity index is 979. The molecule has 178 valence electrons. The highest BCUT2D eigenvalue weighted by molar-refractivity contribution is 7.92. The van der Waals surface area contributed by atoms with Crippen LogP contribution in [0.3, 0.4) is 0 Å². The van der Waals surface area contributed by atoms with E-state index < -0.39 is 21.2 Å². The molecule has 0 amide bonds. The molecule has 1 aliphatic carbocycles. The van der Waals surface area contributed by atoms with Crippen LogP contribution in [-0.4, -0.2) is 36.6 Å². The second kappa shape index (κ2) is 11.0. The van der Waals surface area contributed by atoms with Crippen LogP contribution in [0.25, 0.3) is 0 Å². The van der Waals surface area contributed by atoms with Crippen LogP contribution < -0.4 is 0 Å². The maximum atomic E-state index is 13.9. The normalized spacial score (nSPS) is 19.8. The second-order valence-electron chi connectivity index (χ2n) is 10.00. The summed E-state index contributed by atoms with van der Waals surface area (Å²) in [5.74, 6) is 0. The third-order valence-corrected chi connectivity index (χ3v) is 8.62. The van der Waals surface area contributed by atoms with Crippen LogP contribution in [0.2, 0.25) is 0 Å². The summed E-state index contributed by atoms with van der Waals surface area (Å²) in [6.07, 6.45) is 6.46. The average Bonchev–Trinajstić information content (AvgIpc) is 2.66. The Morgan fingerprint density at radius 3 is 2.28 bits per heavy atom. The summed E-state index contributed by atoms with van der Waals surface area (Å²) in [6, 6.07) is 7.11. The Morgan fingerprint density at radius 1 is 1.09 bits per heavy atom. The molecule has 5 heteroatoms. The second-order valence-corrected chi connectivity index (χ2v) is 12.1. The highest BCUT2D eigenvalue weighted by Gasteiger charge is 2.40. The van der Waals surface area contributed by atoms with Gasteiger partial charge in [0.1, 0.15) is 0 Å². The van der Waals surface area contributed by atoms with E-state index in [9.17, 15) is 13.5 Å². The molecule has 0 bridgehead atoms. The number of sulfone groups is 1. The van der Waals surface area contributed by atoms with E-state index in [2.05, 4.69) is 20.8 Å². The van der Waals surface area contributed by atoms with E-state index in [1.54, 1.807) is 24.3 Å². The van der Waals surface area contributed by atoms with Crippen LogP contribution in [-0.2, 0) is 9.84 Å². The lowest BCUT2D eigenvalue weighted by Gasteiger charge is -2.39. The van der Waals surface area contributed by atoms with Crippen LogP contribution in [0.15, 0.2) is 63.6 Å². The lowest BCUT2D eigenvalue weighted by atomic mass is 9.70. The van der Waals surface area contributed by atoms with Gasteiger partial charge in [-0.1, -0.05) is 60.4 Å². The smallest absolute Gasteiger partial charge is 0.185 e. The van der Waals surface area contributed by atoms with Gasteiger partial charge in [-0.3, -0.25) is 0 Å². The minimum Gasteiger partial charge on any atom is -0.392 e. The summed E-state index contributed by atoms with van der Waals surface area (Å²) in [5, 5.41) is 18.9. The summed E-state index contributed by atoms with van der Waals surface area (Å²) < 4.78 is 27.8. The Kier molecular flexibility index (Phi) is 9.09. The van der Waals surface area contributed by atoms with Gasteiger partial charge in [0.15, 0.2) is 9.84 Å². The number of aliphatic hydroxyl groups is 2. The summed E-state index contributed by atoms with van der Waals surface area (Å²) in [7, 11) is -3.61. The van der Waals surface area contributed by atoms with Gasteiger partial charge in [0.05, 0.1) is 22.9 Å². The molecule has 2 N–H and O–H groups in total. The van der Waals surface area contributed by atoms with Gasteiger partial charge < -0.3 is 10.2 Å². The van der Waals surface area contributed by atoms with Crippen LogP contribution in [0, 0.1) is 12.3 Å². The Balaban J connectivity index is 2.49. The number of hydrogen-bond acceptors (Lipinski definition) is 4. The van der Waals surface area contributed by atoms with E-state index >= 15 is 0 Å². The third kappa shape index (κ3) is 6.66. The lowest BCUT2D eigenvalue weighted by molar-refractivity contribution is 0.222. The van der Waals surface area contributed by atoms with E-state index in [1.165, 1.54) is 5.57 Å². The average molecular weight is 461 g/mol. The largest absolute Gasteiger partial charge is 0.392 e. The topological polar surface area (TPSA) is 74.6 Å². The molecule has 1 aromatic rings. The molecular formula is C27H40O4S. The minimum absolute atomic E-state index is 0.0549. The lowest BCUT2D eigenvalue weighted by Crippen LogP contribution is -2.35. The summed E-state index contributed by atoms with van der Waals surface area (Å²) in [5.41, 5.74) is 4.81. The van der Waals surface area contributed by atoms with Gasteiger partial charge in [0.2, 0.25) is 0 Å². The number of aliphatic hydroxyl groups excluding tert-OH is 2. The third-order valence-electron chi connectivity index (χ3n) is 6.54. The van der Waals surface area contributed by atoms with Crippen molar-refractivity contribution in [2.24, 2.45) is 5.41 Å². The van der Waals surface area contributed by atoms with Crippen LogP contribution in [0.5, 0.6) is 0 Å². The van der Waals surface area contributed by atoms with Gasteiger partial charge >= 0.3 is 0 Å². The molecule has 32 heavy (non-hydrogen) atoms. The van der Waals surface area contributed by atoms with E-state index in [0.29, 0.717) is 17.7 Å². The van der Waals surface area contributed by atoms with Crippen molar-refractivity contribution < 1.29 is 18.6 Å². The standard InChI is InChI=1S/C27H40O4S/c1-19-9-11-24(12-10-19)32(30,31)25(26-22(4)8-7-14-27(26,5)6)18-21(3)17-23(29)16-20(2)13-15-28/h9-13,17,23,25,28-29H,7-8,14-16,18H2,1-6H3/b20-13+,21-17+. The predicted molar refractivity (Wildman–Crippen MR) is 132 cm³/mol.